The second-order valence-corrected chi connectivity index (χ2v) is 7.79. The fourth-order valence-corrected chi connectivity index (χ4v) is 3.85. The third-order valence-corrected chi connectivity index (χ3v) is 5.32. The summed E-state index contributed by atoms with van der Waals surface area (Å²) in [5.74, 6) is 0.0337. The van der Waals surface area contributed by atoms with Crippen LogP contribution in [0.2, 0.25) is 0 Å². The van der Waals surface area contributed by atoms with Gasteiger partial charge in [0.05, 0.1) is 11.4 Å². The second-order valence-electron chi connectivity index (χ2n) is 7.79. The number of hydrogen-bond acceptors (Lipinski definition) is 5. The Morgan fingerprint density at radius 2 is 1.55 bits per heavy atom. The summed E-state index contributed by atoms with van der Waals surface area (Å²) in [4.78, 5) is 26.1. The first-order valence-electron chi connectivity index (χ1n) is 10.7. The number of aromatic nitrogens is 4. The maximum Gasteiger partial charge on any atom is 0.309 e. The number of imidazole rings is 1. The van der Waals surface area contributed by atoms with Crippen LogP contribution in [0.4, 0.5) is 0 Å². The zero-order chi connectivity index (χ0) is 22.6. The molecule has 0 unspecified atom stereocenters. The molecule has 0 saturated heterocycles. The lowest BCUT2D eigenvalue weighted by Gasteiger charge is -2.10. The summed E-state index contributed by atoms with van der Waals surface area (Å²) in [5, 5.41) is 0. The maximum atomic E-state index is 12.0. The molecule has 0 saturated carbocycles. The normalized spacial score (nSPS) is 10.9. The minimum absolute atomic E-state index is 0.391. The molecule has 0 radical (unpaired) electrons. The number of esters is 1. The number of rotatable bonds is 6. The zero-order valence-electron chi connectivity index (χ0n) is 18.2. The number of pyridine rings is 1. The highest BCUT2D eigenvalue weighted by Crippen LogP contribution is 2.29. The van der Waals surface area contributed by atoms with Crippen LogP contribution in [0, 0.1) is 0 Å². The van der Waals surface area contributed by atoms with Gasteiger partial charge in [0.15, 0.2) is 5.65 Å². The topological polar surface area (TPSA) is 69.4 Å². The highest BCUT2D eigenvalue weighted by Gasteiger charge is 2.21. The van der Waals surface area contributed by atoms with Crippen molar-refractivity contribution in [2.75, 3.05) is 0 Å². The predicted molar refractivity (Wildman–Crippen MR) is 126 cm³/mol. The van der Waals surface area contributed by atoms with Crippen LogP contribution in [0.15, 0.2) is 91.4 Å². The van der Waals surface area contributed by atoms with Crippen LogP contribution in [0.25, 0.3) is 16.9 Å². The summed E-state index contributed by atoms with van der Waals surface area (Å²) < 4.78 is 7.54. The van der Waals surface area contributed by atoms with Crippen molar-refractivity contribution in [2.45, 2.75) is 19.8 Å². The van der Waals surface area contributed by atoms with Crippen molar-refractivity contribution >= 4 is 11.6 Å². The molecule has 0 N–H and O–H groups in total. The Morgan fingerprint density at radius 1 is 0.848 bits per heavy atom. The molecule has 0 spiro atoms. The van der Waals surface area contributed by atoms with Gasteiger partial charge in [0.25, 0.3) is 0 Å². The number of benzene rings is 2. The van der Waals surface area contributed by atoms with Gasteiger partial charge in [0.1, 0.15) is 5.69 Å². The fourth-order valence-electron chi connectivity index (χ4n) is 3.85. The fraction of sp³-hybridized carbons (Fsp3) is 0.111. The predicted octanol–water partition coefficient (Wildman–Crippen LogP) is 4.90. The van der Waals surface area contributed by atoms with Crippen molar-refractivity contribution in [2.24, 2.45) is 0 Å². The lowest BCUT2D eigenvalue weighted by atomic mass is 10.1. The van der Waals surface area contributed by atoms with E-state index in [1.54, 1.807) is 6.20 Å². The van der Waals surface area contributed by atoms with Gasteiger partial charge in [-0.25, -0.2) is 9.97 Å². The average Bonchev–Trinajstić information content (AvgIpc) is 3.17. The van der Waals surface area contributed by atoms with Crippen LogP contribution < -0.4 is 4.74 Å². The van der Waals surface area contributed by atoms with E-state index >= 15 is 0 Å². The molecular weight excluding hydrogens is 412 g/mol. The molecule has 162 valence electrons. The second kappa shape index (κ2) is 9.04. The summed E-state index contributed by atoms with van der Waals surface area (Å²) in [7, 11) is 0. The van der Waals surface area contributed by atoms with Gasteiger partial charge in [-0.2, -0.15) is 0 Å². The minimum Gasteiger partial charge on any atom is -0.407 e. The van der Waals surface area contributed by atoms with Gasteiger partial charge in [-0.3, -0.25) is 14.2 Å². The zero-order valence-corrected chi connectivity index (χ0v) is 18.2. The van der Waals surface area contributed by atoms with Crippen LogP contribution >= 0.6 is 0 Å². The molecule has 6 nitrogen and oxygen atoms in total. The smallest absolute Gasteiger partial charge is 0.309 e. The standard InChI is InChI=1S/C27H22N4O2/c1-19(32)33-27-24(15-20-9-4-2-5-10-20)30-26-23(16-21-11-8-14-28-17-21)29-25(18-31(26)27)22-12-6-3-7-13-22/h2-14,17-18H,15-16H2,1H3. The van der Waals surface area contributed by atoms with E-state index in [1.807, 2.05) is 89.6 Å². The molecule has 0 aliphatic rings. The van der Waals surface area contributed by atoms with Gasteiger partial charge in [-0.05, 0) is 17.2 Å². The molecule has 0 amide bonds. The number of carbonyl (C=O) groups excluding carboxylic acids is 1. The Balaban J connectivity index is 1.71. The van der Waals surface area contributed by atoms with E-state index in [2.05, 4.69) is 4.98 Å². The van der Waals surface area contributed by atoms with Crippen molar-refractivity contribution in [3.8, 4) is 17.1 Å². The first-order valence-corrected chi connectivity index (χ1v) is 10.7. The molecule has 0 atom stereocenters. The molecule has 2 aromatic carbocycles. The minimum atomic E-state index is -0.391. The summed E-state index contributed by atoms with van der Waals surface area (Å²) in [6, 6.07) is 23.9. The van der Waals surface area contributed by atoms with Crippen molar-refractivity contribution in [1.82, 2.24) is 19.4 Å². The number of hydrogen-bond donors (Lipinski definition) is 0. The lowest BCUT2D eigenvalue weighted by molar-refractivity contribution is -0.132. The van der Waals surface area contributed by atoms with E-state index in [1.165, 1.54) is 6.92 Å². The van der Waals surface area contributed by atoms with Crippen molar-refractivity contribution < 1.29 is 9.53 Å². The van der Waals surface area contributed by atoms with Crippen molar-refractivity contribution in [3.05, 3.63) is 114 Å². The molecule has 33 heavy (non-hydrogen) atoms. The van der Waals surface area contributed by atoms with Crippen LogP contribution in [-0.4, -0.2) is 25.3 Å². The molecule has 0 aliphatic heterocycles. The Labute approximate surface area is 191 Å². The van der Waals surface area contributed by atoms with Crippen LogP contribution in [0.1, 0.15) is 29.4 Å². The Hall–Kier alpha value is -4.32. The Bertz CT molecular complexity index is 1400. The quantitative estimate of drug-likeness (QED) is 0.356. The third kappa shape index (κ3) is 4.50. The number of carbonyl (C=O) groups is 1. The SMILES string of the molecule is CC(=O)Oc1c(Cc2ccccc2)nc2c(Cc3cccnc3)nc(-c3ccccc3)cn12. The molecule has 5 aromatic rings. The number of fused-ring (bicyclic) bond motifs is 1. The third-order valence-electron chi connectivity index (χ3n) is 5.32. The molecule has 6 heteroatoms. The summed E-state index contributed by atoms with van der Waals surface area (Å²) in [6.45, 7) is 1.40. The summed E-state index contributed by atoms with van der Waals surface area (Å²) in [5.41, 5.74) is 6.00. The number of ether oxygens (including phenoxy) is 1. The van der Waals surface area contributed by atoms with E-state index in [9.17, 15) is 4.79 Å². The molecule has 3 heterocycles. The summed E-state index contributed by atoms with van der Waals surface area (Å²) in [6.07, 6.45) is 6.56. The monoisotopic (exact) mass is 434 g/mol. The van der Waals surface area contributed by atoms with Crippen molar-refractivity contribution in [3.63, 3.8) is 0 Å². The molecule has 0 fully saturated rings. The van der Waals surface area contributed by atoms with Gasteiger partial charge >= 0.3 is 5.97 Å². The molecule has 0 aliphatic carbocycles. The Morgan fingerprint density at radius 3 is 2.24 bits per heavy atom. The van der Waals surface area contributed by atoms with Gasteiger partial charge in [0, 0.05) is 43.9 Å². The molecule has 0 bridgehead atoms. The first kappa shape index (κ1) is 20.6. The van der Waals surface area contributed by atoms with Crippen LogP contribution in [-0.2, 0) is 17.6 Å². The molecule has 5 rings (SSSR count). The van der Waals surface area contributed by atoms with Gasteiger partial charge in [-0.15, -0.1) is 0 Å². The van der Waals surface area contributed by atoms with E-state index < -0.39 is 5.97 Å². The first-order chi connectivity index (χ1) is 16.2. The maximum absolute atomic E-state index is 12.0. The number of nitrogens with zero attached hydrogens (tertiary/aromatic N) is 4. The van der Waals surface area contributed by atoms with Crippen LogP contribution in [0.5, 0.6) is 5.88 Å². The van der Waals surface area contributed by atoms with Crippen molar-refractivity contribution in [1.29, 1.82) is 0 Å². The Kier molecular flexibility index (Phi) is 5.64. The lowest BCUT2D eigenvalue weighted by Crippen LogP contribution is -2.07. The largest absolute Gasteiger partial charge is 0.407 e. The van der Waals surface area contributed by atoms with E-state index in [0.29, 0.717) is 30.1 Å². The highest BCUT2D eigenvalue weighted by atomic mass is 16.5. The van der Waals surface area contributed by atoms with Crippen LogP contribution in [0.3, 0.4) is 0 Å². The van der Waals surface area contributed by atoms with Gasteiger partial charge in [0.2, 0.25) is 5.88 Å². The van der Waals surface area contributed by atoms with E-state index in [-0.39, 0.29) is 0 Å². The molecular formula is C27H22N4O2. The highest BCUT2D eigenvalue weighted by molar-refractivity contribution is 5.71. The van der Waals surface area contributed by atoms with E-state index in [4.69, 9.17) is 14.7 Å². The van der Waals surface area contributed by atoms with Gasteiger partial charge < -0.3 is 4.74 Å². The van der Waals surface area contributed by atoms with E-state index in [0.717, 1.165) is 28.1 Å². The van der Waals surface area contributed by atoms with Gasteiger partial charge in [-0.1, -0.05) is 66.7 Å². The summed E-state index contributed by atoms with van der Waals surface area (Å²) >= 11 is 0. The molecule has 3 aromatic heterocycles. The average molecular weight is 434 g/mol.